The molecule has 0 saturated heterocycles. The predicted molar refractivity (Wildman–Crippen MR) is 81.8 cm³/mol. The molecule has 1 N–H and O–H groups in total. The van der Waals surface area contributed by atoms with Crippen molar-refractivity contribution in [2.75, 3.05) is 0 Å². The molecule has 2 rings (SSSR count). The highest BCUT2D eigenvalue weighted by Gasteiger charge is 2.33. The first-order valence-electron chi connectivity index (χ1n) is 6.33. The van der Waals surface area contributed by atoms with E-state index in [-0.39, 0.29) is 5.03 Å². The largest absolute Gasteiger partial charge is 0.283 e. The van der Waals surface area contributed by atoms with Crippen LogP contribution in [-0.4, -0.2) is 24.3 Å². The molecule has 6 nitrogen and oxygen atoms in total. The van der Waals surface area contributed by atoms with E-state index >= 15 is 0 Å². The van der Waals surface area contributed by atoms with Crippen LogP contribution < -0.4 is 4.72 Å². The van der Waals surface area contributed by atoms with E-state index in [1.165, 1.54) is 12.4 Å². The Morgan fingerprint density at radius 1 is 1.27 bits per heavy atom. The summed E-state index contributed by atoms with van der Waals surface area (Å²) in [5.74, 6) is -0.680. The van der Waals surface area contributed by atoms with E-state index in [2.05, 4.69) is 9.97 Å². The molecular formula is C14H14ClN3O3S. The van der Waals surface area contributed by atoms with Crippen molar-refractivity contribution in [3.05, 3.63) is 53.4 Å². The molecule has 0 aliphatic rings. The zero-order valence-corrected chi connectivity index (χ0v) is 13.5. The average molecular weight is 340 g/mol. The number of sulfonamides is 1. The van der Waals surface area contributed by atoms with E-state index in [4.69, 9.17) is 11.6 Å². The molecule has 2 aromatic rings. The van der Waals surface area contributed by atoms with Gasteiger partial charge in [-0.25, -0.2) is 9.71 Å². The molecule has 0 saturated carbocycles. The zero-order valence-electron chi connectivity index (χ0n) is 11.9. The SMILES string of the molecule is CC(C)(C(=O)NS(=O)(=O)c1cnccn1)c1cccc(Cl)c1. The van der Waals surface area contributed by atoms with Gasteiger partial charge in [-0.2, -0.15) is 8.42 Å². The molecule has 0 fully saturated rings. The van der Waals surface area contributed by atoms with Gasteiger partial charge in [-0.05, 0) is 31.5 Å². The van der Waals surface area contributed by atoms with Gasteiger partial charge in [0, 0.05) is 17.4 Å². The second-order valence-electron chi connectivity index (χ2n) is 5.11. The fourth-order valence-corrected chi connectivity index (χ4v) is 2.93. The zero-order chi connectivity index (χ0) is 16.4. The van der Waals surface area contributed by atoms with E-state index in [1.807, 2.05) is 4.72 Å². The summed E-state index contributed by atoms with van der Waals surface area (Å²) in [4.78, 5) is 19.7. The van der Waals surface area contributed by atoms with E-state index in [0.717, 1.165) is 6.20 Å². The number of halogens is 1. The topological polar surface area (TPSA) is 89.0 Å². The van der Waals surface area contributed by atoms with E-state index in [9.17, 15) is 13.2 Å². The van der Waals surface area contributed by atoms with Gasteiger partial charge in [0.15, 0.2) is 5.03 Å². The van der Waals surface area contributed by atoms with Gasteiger partial charge in [-0.1, -0.05) is 23.7 Å². The lowest BCUT2D eigenvalue weighted by Crippen LogP contribution is -2.43. The monoisotopic (exact) mass is 339 g/mol. The summed E-state index contributed by atoms with van der Waals surface area (Å²) >= 11 is 5.92. The van der Waals surface area contributed by atoms with Crippen LogP contribution in [0.1, 0.15) is 19.4 Å². The number of benzene rings is 1. The third-order valence-corrected chi connectivity index (χ3v) is 4.61. The van der Waals surface area contributed by atoms with Crippen LogP contribution in [0.3, 0.4) is 0 Å². The lowest BCUT2D eigenvalue weighted by molar-refractivity contribution is -0.123. The van der Waals surface area contributed by atoms with Crippen LogP contribution in [0.15, 0.2) is 47.9 Å². The average Bonchev–Trinajstić information content (AvgIpc) is 2.47. The lowest BCUT2D eigenvalue weighted by Gasteiger charge is -2.24. The molecule has 0 unspecified atom stereocenters. The standard InChI is InChI=1S/C14H14ClN3O3S/c1-14(2,10-4-3-5-11(15)8-10)13(19)18-22(20,21)12-9-16-6-7-17-12/h3-9H,1-2H3,(H,18,19). The van der Waals surface area contributed by atoms with Gasteiger partial charge in [0.05, 0.1) is 11.6 Å². The van der Waals surface area contributed by atoms with Gasteiger partial charge >= 0.3 is 0 Å². The van der Waals surface area contributed by atoms with Crippen LogP contribution in [0.25, 0.3) is 0 Å². The Kier molecular flexibility index (Phi) is 4.48. The molecule has 1 aromatic carbocycles. The Hall–Kier alpha value is -1.99. The van der Waals surface area contributed by atoms with Crippen LogP contribution in [0.2, 0.25) is 5.02 Å². The first kappa shape index (κ1) is 16.4. The maximum absolute atomic E-state index is 12.4. The van der Waals surface area contributed by atoms with Crippen LogP contribution in [0.5, 0.6) is 0 Å². The fraction of sp³-hybridized carbons (Fsp3) is 0.214. The van der Waals surface area contributed by atoms with Crippen LogP contribution in [0, 0.1) is 0 Å². The second kappa shape index (κ2) is 6.02. The van der Waals surface area contributed by atoms with Crippen molar-refractivity contribution in [1.82, 2.24) is 14.7 Å². The molecule has 1 aromatic heterocycles. The number of hydrogen-bond acceptors (Lipinski definition) is 5. The van der Waals surface area contributed by atoms with Crippen LogP contribution in [0.4, 0.5) is 0 Å². The molecule has 116 valence electrons. The number of nitrogens with one attached hydrogen (secondary N) is 1. The number of nitrogens with zero attached hydrogens (tertiary/aromatic N) is 2. The van der Waals surface area contributed by atoms with Crippen molar-refractivity contribution in [1.29, 1.82) is 0 Å². The van der Waals surface area contributed by atoms with Gasteiger partial charge in [0.25, 0.3) is 10.0 Å². The highest BCUT2D eigenvalue weighted by Crippen LogP contribution is 2.26. The minimum absolute atomic E-state index is 0.315. The quantitative estimate of drug-likeness (QED) is 0.919. The summed E-state index contributed by atoms with van der Waals surface area (Å²) in [6.45, 7) is 3.22. The lowest BCUT2D eigenvalue weighted by atomic mass is 9.84. The van der Waals surface area contributed by atoms with E-state index in [0.29, 0.717) is 10.6 Å². The van der Waals surface area contributed by atoms with Crippen molar-refractivity contribution in [2.24, 2.45) is 0 Å². The second-order valence-corrected chi connectivity index (χ2v) is 7.18. The molecule has 1 heterocycles. The van der Waals surface area contributed by atoms with Crippen molar-refractivity contribution < 1.29 is 13.2 Å². The summed E-state index contributed by atoms with van der Waals surface area (Å²) < 4.78 is 26.3. The normalized spacial score (nSPS) is 12.0. The summed E-state index contributed by atoms with van der Waals surface area (Å²) in [5.41, 5.74) is -0.480. The van der Waals surface area contributed by atoms with Crippen molar-refractivity contribution in [3.8, 4) is 0 Å². The fourth-order valence-electron chi connectivity index (χ4n) is 1.73. The number of rotatable bonds is 4. The Morgan fingerprint density at radius 3 is 2.59 bits per heavy atom. The first-order chi connectivity index (χ1) is 10.2. The summed E-state index contributed by atoms with van der Waals surface area (Å²) in [6, 6.07) is 6.70. The molecule has 0 radical (unpaired) electrons. The molecule has 0 atom stereocenters. The highest BCUT2D eigenvalue weighted by atomic mass is 35.5. The van der Waals surface area contributed by atoms with Gasteiger partial charge in [0.2, 0.25) is 5.91 Å². The predicted octanol–water partition coefficient (Wildman–Crippen LogP) is 1.91. The van der Waals surface area contributed by atoms with E-state index < -0.39 is 21.3 Å². The number of carbonyl (C=O) groups excluding carboxylic acids is 1. The van der Waals surface area contributed by atoms with Crippen molar-refractivity contribution in [2.45, 2.75) is 24.3 Å². The molecule has 0 aliphatic carbocycles. The molecule has 1 amide bonds. The van der Waals surface area contributed by atoms with Gasteiger partial charge in [-0.3, -0.25) is 9.78 Å². The molecule has 0 aliphatic heterocycles. The molecular weight excluding hydrogens is 326 g/mol. The Morgan fingerprint density at radius 2 is 2.00 bits per heavy atom. The van der Waals surface area contributed by atoms with Gasteiger partial charge < -0.3 is 0 Å². The third-order valence-electron chi connectivity index (χ3n) is 3.16. The number of amides is 1. The number of hydrogen-bond donors (Lipinski definition) is 1. The molecule has 22 heavy (non-hydrogen) atoms. The molecule has 8 heteroatoms. The minimum atomic E-state index is -4.07. The Labute approximate surface area is 133 Å². The summed E-state index contributed by atoms with van der Waals surface area (Å²) in [6.07, 6.45) is 3.65. The van der Waals surface area contributed by atoms with E-state index in [1.54, 1.807) is 38.1 Å². The van der Waals surface area contributed by atoms with Crippen molar-refractivity contribution >= 4 is 27.5 Å². The Balaban J connectivity index is 2.28. The Bertz CT molecular complexity index is 792. The minimum Gasteiger partial charge on any atom is -0.273 e. The van der Waals surface area contributed by atoms with Gasteiger partial charge in [0.1, 0.15) is 0 Å². The summed E-state index contributed by atoms with van der Waals surface area (Å²) in [5, 5.41) is 0.153. The smallest absolute Gasteiger partial charge is 0.273 e. The van der Waals surface area contributed by atoms with Crippen LogP contribution in [-0.2, 0) is 20.2 Å². The maximum atomic E-state index is 12.4. The maximum Gasteiger partial charge on any atom is 0.283 e. The summed E-state index contributed by atoms with van der Waals surface area (Å²) in [7, 11) is -4.07. The van der Waals surface area contributed by atoms with Crippen LogP contribution >= 0.6 is 11.6 Å². The third kappa shape index (κ3) is 3.42. The van der Waals surface area contributed by atoms with Crippen molar-refractivity contribution in [3.63, 3.8) is 0 Å². The molecule has 0 spiro atoms. The number of carbonyl (C=O) groups is 1. The number of aromatic nitrogens is 2. The van der Waals surface area contributed by atoms with Gasteiger partial charge in [-0.15, -0.1) is 0 Å². The first-order valence-corrected chi connectivity index (χ1v) is 8.19. The molecule has 0 bridgehead atoms. The highest BCUT2D eigenvalue weighted by molar-refractivity contribution is 7.90.